The maximum atomic E-state index is 4.79. The van der Waals surface area contributed by atoms with Crippen LogP contribution in [0.25, 0.3) is 22.5 Å². The molecule has 0 aliphatic rings. The van der Waals surface area contributed by atoms with Crippen LogP contribution in [0.15, 0.2) is 35.7 Å². The molecule has 2 aromatic heterocycles. The Bertz CT molecular complexity index is 821. The molecule has 22 heavy (non-hydrogen) atoms. The number of benzene rings is 1. The first-order chi connectivity index (χ1) is 10.6. The molecule has 0 amide bonds. The number of thiazole rings is 1. The zero-order valence-electron chi connectivity index (χ0n) is 13.3. The molecule has 1 N–H and O–H groups in total. The summed E-state index contributed by atoms with van der Waals surface area (Å²) in [7, 11) is 1.89. The highest BCUT2D eigenvalue weighted by Gasteiger charge is 2.10. The third kappa shape index (κ3) is 2.74. The molecule has 3 aromatic rings. The first kappa shape index (κ1) is 14.7. The largest absolute Gasteiger partial charge is 0.365 e. The summed E-state index contributed by atoms with van der Waals surface area (Å²) in [6.45, 7) is 6.29. The van der Waals surface area contributed by atoms with Gasteiger partial charge in [-0.2, -0.15) is 0 Å². The normalized spacial score (nSPS) is 10.7. The van der Waals surface area contributed by atoms with E-state index in [1.54, 1.807) is 11.3 Å². The van der Waals surface area contributed by atoms with Gasteiger partial charge in [0.15, 0.2) is 5.13 Å². The zero-order chi connectivity index (χ0) is 15.7. The minimum absolute atomic E-state index is 0.924. The number of nitrogens with zero attached hydrogens (tertiary/aromatic N) is 2. The quantitative estimate of drug-likeness (QED) is 0.752. The van der Waals surface area contributed by atoms with E-state index in [0.717, 1.165) is 27.8 Å². The fraction of sp³-hybridized carbons (Fsp3) is 0.222. The molecular weight excluding hydrogens is 290 g/mol. The van der Waals surface area contributed by atoms with Gasteiger partial charge in [-0.1, -0.05) is 23.8 Å². The molecule has 2 heterocycles. The van der Waals surface area contributed by atoms with E-state index >= 15 is 0 Å². The molecule has 4 heteroatoms. The topological polar surface area (TPSA) is 37.8 Å². The molecular formula is C18H19N3S. The predicted molar refractivity (Wildman–Crippen MR) is 94.5 cm³/mol. The fourth-order valence-electron chi connectivity index (χ4n) is 2.60. The van der Waals surface area contributed by atoms with Crippen molar-refractivity contribution in [2.45, 2.75) is 20.8 Å². The Labute approximate surface area is 135 Å². The lowest BCUT2D eigenvalue weighted by Crippen LogP contribution is -1.94. The Morgan fingerprint density at radius 1 is 0.909 bits per heavy atom. The van der Waals surface area contributed by atoms with Gasteiger partial charge in [0.2, 0.25) is 0 Å². The van der Waals surface area contributed by atoms with Gasteiger partial charge in [0.1, 0.15) is 0 Å². The smallest absolute Gasteiger partial charge is 0.182 e. The lowest BCUT2D eigenvalue weighted by atomic mass is 10.0. The third-order valence-corrected chi connectivity index (χ3v) is 4.60. The van der Waals surface area contributed by atoms with Crippen molar-refractivity contribution in [3.8, 4) is 22.5 Å². The number of aromatic nitrogens is 2. The van der Waals surface area contributed by atoms with Gasteiger partial charge in [-0.25, -0.2) is 4.98 Å². The Morgan fingerprint density at radius 3 is 2.32 bits per heavy atom. The Kier molecular flexibility index (Phi) is 3.94. The standard InChI is InChI=1S/C18H19N3S/c1-11-5-6-14(12(2)9-11)16-8-7-15(13(3)20-16)17-10-22-18(19-4)21-17/h5-10H,1-4H3,(H,19,21). The third-order valence-electron chi connectivity index (χ3n) is 3.74. The number of anilines is 1. The molecule has 0 atom stereocenters. The van der Waals surface area contributed by atoms with Crippen molar-refractivity contribution in [1.29, 1.82) is 0 Å². The summed E-state index contributed by atoms with van der Waals surface area (Å²) in [4.78, 5) is 9.35. The van der Waals surface area contributed by atoms with Crippen LogP contribution in [-0.2, 0) is 0 Å². The number of pyridine rings is 1. The summed E-state index contributed by atoms with van der Waals surface area (Å²) < 4.78 is 0. The maximum Gasteiger partial charge on any atom is 0.182 e. The second-order valence-electron chi connectivity index (χ2n) is 5.44. The van der Waals surface area contributed by atoms with Gasteiger partial charge in [-0.05, 0) is 38.5 Å². The summed E-state index contributed by atoms with van der Waals surface area (Å²) in [6.07, 6.45) is 0. The second-order valence-corrected chi connectivity index (χ2v) is 6.29. The zero-order valence-corrected chi connectivity index (χ0v) is 14.1. The van der Waals surface area contributed by atoms with Gasteiger partial charge in [0.05, 0.1) is 11.4 Å². The van der Waals surface area contributed by atoms with Crippen LogP contribution < -0.4 is 5.32 Å². The van der Waals surface area contributed by atoms with Crippen LogP contribution in [0.5, 0.6) is 0 Å². The second kappa shape index (κ2) is 5.89. The van der Waals surface area contributed by atoms with Crippen LogP contribution in [0, 0.1) is 20.8 Å². The van der Waals surface area contributed by atoms with Crippen molar-refractivity contribution < 1.29 is 0 Å². The van der Waals surface area contributed by atoms with E-state index in [4.69, 9.17) is 4.98 Å². The van der Waals surface area contributed by atoms with Crippen LogP contribution in [0.1, 0.15) is 16.8 Å². The molecule has 0 saturated carbocycles. The van der Waals surface area contributed by atoms with E-state index in [1.165, 1.54) is 16.7 Å². The highest BCUT2D eigenvalue weighted by Crippen LogP contribution is 2.29. The van der Waals surface area contributed by atoms with E-state index in [9.17, 15) is 0 Å². The van der Waals surface area contributed by atoms with Crippen molar-refractivity contribution >= 4 is 16.5 Å². The summed E-state index contributed by atoms with van der Waals surface area (Å²) in [5.74, 6) is 0. The monoisotopic (exact) mass is 309 g/mol. The molecule has 0 aliphatic carbocycles. The molecule has 1 aromatic carbocycles. The molecule has 0 spiro atoms. The number of hydrogen-bond acceptors (Lipinski definition) is 4. The van der Waals surface area contributed by atoms with Crippen LogP contribution in [-0.4, -0.2) is 17.0 Å². The van der Waals surface area contributed by atoms with Gasteiger partial charge in [-0.3, -0.25) is 4.98 Å². The first-order valence-corrected chi connectivity index (χ1v) is 8.15. The van der Waals surface area contributed by atoms with Gasteiger partial charge < -0.3 is 5.32 Å². The van der Waals surface area contributed by atoms with Crippen LogP contribution in [0.4, 0.5) is 5.13 Å². The van der Waals surface area contributed by atoms with Crippen molar-refractivity contribution in [1.82, 2.24) is 9.97 Å². The van der Waals surface area contributed by atoms with E-state index in [2.05, 4.69) is 59.9 Å². The van der Waals surface area contributed by atoms with Crippen molar-refractivity contribution in [3.05, 3.63) is 52.5 Å². The Morgan fingerprint density at radius 2 is 1.68 bits per heavy atom. The molecule has 112 valence electrons. The van der Waals surface area contributed by atoms with Gasteiger partial charge >= 0.3 is 0 Å². The number of hydrogen-bond donors (Lipinski definition) is 1. The highest BCUT2D eigenvalue weighted by atomic mass is 32.1. The van der Waals surface area contributed by atoms with Crippen molar-refractivity contribution in [2.75, 3.05) is 12.4 Å². The molecule has 3 nitrogen and oxygen atoms in total. The SMILES string of the molecule is CNc1nc(-c2ccc(-c3ccc(C)cc3C)nc2C)cs1. The Balaban J connectivity index is 2.01. The predicted octanol–water partition coefficient (Wildman–Crippen LogP) is 4.84. The molecule has 0 aliphatic heterocycles. The first-order valence-electron chi connectivity index (χ1n) is 7.27. The van der Waals surface area contributed by atoms with E-state index in [1.807, 2.05) is 14.0 Å². The summed E-state index contributed by atoms with van der Waals surface area (Å²) >= 11 is 1.61. The minimum Gasteiger partial charge on any atom is -0.365 e. The van der Waals surface area contributed by atoms with Gasteiger partial charge in [-0.15, -0.1) is 11.3 Å². The van der Waals surface area contributed by atoms with E-state index in [-0.39, 0.29) is 0 Å². The highest BCUT2D eigenvalue weighted by molar-refractivity contribution is 7.14. The van der Waals surface area contributed by atoms with Gasteiger partial charge in [0, 0.05) is 29.2 Å². The number of aryl methyl sites for hydroxylation is 3. The lowest BCUT2D eigenvalue weighted by Gasteiger charge is -2.09. The van der Waals surface area contributed by atoms with Gasteiger partial charge in [0.25, 0.3) is 0 Å². The molecule has 3 rings (SSSR count). The lowest BCUT2D eigenvalue weighted by molar-refractivity contribution is 1.19. The van der Waals surface area contributed by atoms with Crippen LogP contribution >= 0.6 is 11.3 Å². The molecule has 0 fully saturated rings. The summed E-state index contributed by atoms with van der Waals surface area (Å²) in [5.41, 5.74) is 7.81. The van der Waals surface area contributed by atoms with E-state index in [0.29, 0.717) is 0 Å². The van der Waals surface area contributed by atoms with E-state index < -0.39 is 0 Å². The van der Waals surface area contributed by atoms with Crippen molar-refractivity contribution in [3.63, 3.8) is 0 Å². The molecule has 0 bridgehead atoms. The minimum atomic E-state index is 0.924. The summed E-state index contributed by atoms with van der Waals surface area (Å²) in [5, 5.41) is 6.06. The number of rotatable bonds is 3. The Hall–Kier alpha value is -2.20. The average Bonchev–Trinajstić information content (AvgIpc) is 2.96. The van der Waals surface area contributed by atoms with Crippen molar-refractivity contribution in [2.24, 2.45) is 0 Å². The average molecular weight is 309 g/mol. The fourth-order valence-corrected chi connectivity index (χ4v) is 3.27. The maximum absolute atomic E-state index is 4.79. The summed E-state index contributed by atoms with van der Waals surface area (Å²) in [6, 6.07) is 10.7. The van der Waals surface area contributed by atoms with Crippen LogP contribution in [0.3, 0.4) is 0 Å². The molecule has 0 unspecified atom stereocenters. The molecule has 0 saturated heterocycles. The number of nitrogens with one attached hydrogen (secondary N) is 1. The molecule has 0 radical (unpaired) electrons. The van der Waals surface area contributed by atoms with Crippen LogP contribution in [0.2, 0.25) is 0 Å².